The molecule has 1 unspecified atom stereocenters. The van der Waals surface area contributed by atoms with Crippen LogP contribution in [0.3, 0.4) is 0 Å². The molecule has 112 valence electrons. The van der Waals surface area contributed by atoms with Gasteiger partial charge in [-0.1, -0.05) is 26.0 Å². The summed E-state index contributed by atoms with van der Waals surface area (Å²) in [5.74, 6) is -0.372. The molecule has 0 aromatic heterocycles. The van der Waals surface area contributed by atoms with Crippen LogP contribution in [0.5, 0.6) is 0 Å². The summed E-state index contributed by atoms with van der Waals surface area (Å²) in [5.41, 5.74) is 13.3. The Kier molecular flexibility index (Phi) is 5.57. The molecule has 0 bridgehead atoms. The first-order valence-corrected chi connectivity index (χ1v) is 6.75. The van der Waals surface area contributed by atoms with Gasteiger partial charge in [0.05, 0.1) is 0 Å². The summed E-state index contributed by atoms with van der Waals surface area (Å²) in [7, 11) is 0. The molecule has 1 saturated heterocycles. The van der Waals surface area contributed by atoms with Crippen molar-refractivity contribution in [2.24, 2.45) is 16.9 Å². The SMILES string of the molecule is CC1(C)CN(Cc2cccc(C(N)=O)c2)CCC1N.Cl. The van der Waals surface area contributed by atoms with E-state index in [2.05, 4.69) is 18.7 Å². The average molecular weight is 298 g/mol. The van der Waals surface area contributed by atoms with Crippen molar-refractivity contribution < 1.29 is 4.79 Å². The van der Waals surface area contributed by atoms with E-state index in [0.717, 1.165) is 31.6 Å². The maximum Gasteiger partial charge on any atom is 0.248 e. The molecular weight excluding hydrogens is 274 g/mol. The summed E-state index contributed by atoms with van der Waals surface area (Å²) >= 11 is 0. The fourth-order valence-electron chi connectivity index (χ4n) is 2.70. The number of likely N-dealkylation sites (tertiary alicyclic amines) is 1. The minimum absolute atomic E-state index is 0. The molecule has 4 nitrogen and oxygen atoms in total. The van der Waals surface area contributed by atoms with Crippen molar-refractivity contribution in [3.05, 3.63) is 35.4 Å². The molecular formula is C15H24ClN3O. The summed E-state index contributed by atoms with van der Waals surface area (Å²) in [4.78, 5) is 13.6. The molecule has 1 aliphatic heterocycles. The number of rotatable bonds is 3. The molecule has 0 spiro atoms. The number of primary amides is 1. The zero-order chi connectivity index (χ0) is 14.0. The Balaban J connectivity index is 0.00000200. The zero-order valence-electron chi connectivity index (χ0n) is 12.1. The van der Waals surface area contributed by atoms with Gasteiger partial charge in [-0.05, 0) is 29.5 Å². The Bertz CT molecular complexity index is 476. The predicted molar refractivity (Wildman–Crippen MR) is 83.9 cm³/mol. The maximum atomic E-state index is 11.2. The topological polar surface area (TPSA) is 72.3 Å². The first-order valence-electron chi connectivity index (χ1n) is 6.75. The predicted octanol–water partition coefficient (Wildman–Crippen LogP) is 1.77. The molecule has 5 heteroatoms. The highest BCUT2D eigenvalue weighted by Gasteiger charge is 2.33. The number of piperidine rings is 1. The number of nitrogens with two attached hydrogens (primary N) is 2. The van der Waals surface area contributed by atoms with Gasteiger partial charge in [0, 0.05) is 31.2 Å². The second-order valence-corrected chi connectivity index (χ2v) is 6.16. The van der Waals surface area contributed by atoms with Gasteiger partial charge in [0.25, 0.3) is 0 Å². The van der Waals surface area contributed by atoms with Crippen molar-refractivity contribution in [3.63, 3.8) is 0 Å². The molecule has 0 aliphatic carbocycles. The van der Waals surface area contributed by atoms with Gasteiger partial charge >= 0.3 is 0 Å². The van der Waals surface area contributed by atoms with E-state index in [-0.39, 0.29) is 29.8 Å². The highest BCUT2D eigenvalue weighted by atomic mass is 35.5. The third-order valence-electron chi connectivity index (χ3n) is 4.01. The Hall–Kier alpha value is -1.10. The van der Waals surface area contributed by atoms with Gasteiger partial charge in [0.2, 0.25) is 5.91 Å². The number of carbonyl (C=O) groups is 1. The standard InChI is InChI=1S/C15H23N3O.ClH/c1-15(2)10-18(7-6-13(15)16)9-11-4-3-5-12(8-11)14(17)19;/h3-5,8,13H,6-7,9-10,16H2,1-2H3,(H2,17,19);1H. The van der Waals surface area contributed by atoms with Gasteiger partial charge in [-0.15, -0.1) is 12.4 Å². The van der Waals surface area contributed by atoms with Gasteiger partial charge in [-0.2, -0.15) is 0 Å². The van der Waals surface area contributed by atoms with Gasteiger partial charge in [0.1, 0.15) is 0 Å². The molecule has 4 N–H and O–H groups in total. The van der Waals surface area contributed by atoms with Crippen molar-refractivity contribution >= 4 is 18.3 Å². The Labute approximate surface area is 126 Å². The molecule has 2 rings (SSSR count). The van der Waals surface area contributed by atoms with Gasteiger partial charge < -0.3 is 11.5 Å². The third kappa shape index (κ3) is 3.95. The number of hydrogen-bond acceptors (Lipinski definition) is 3. The minimum atomic E-state index is -0.372. The van der Waals surface area contributed by atoms with Crippen LogP contribution in [0.15, 0.2) is 24.3 Å². The average Bonchev–Trinajstić information content (AvgIpc) is 2.34. The van der Waals surface area contributed by atoms with Gasteiger partial charge in [-0.25, -0.2) is 0 Å². The summed E-state index contributed by atoms with van der Waals surface area (Å²) in [6.07, 6.45) is 1.02. The van der Waals surface area contributed by atoms with Crippen LogP contribution < -0.4 is 11.5 Å². The molecule has 1 aliphatic rings. The van der Waals surface area contributed by atoms with Crippen LogP contribution >= 0.6 is 12.4 Å². The Morgan fingerprint density at radius 2 is 2.15 bits per heavy atom. The maximum absolute atomic E-state index is 11.2. The fraction of sp³-hybridized carbons (Fsp3) is 0.533. The van der Waals surface area contributed by atoms with E-state index in [1.54, 1.807) is 6.07 Å². The molecule has 1 aromatic rings. The van der Waals surface area contributed by atoms with E-state index >= 15 is 0 Å². The first kappa shape index (κ1) is 17.0. The molecule has 1 amide bonds. The first-order chi connectivity index (χ1) is 8.88. The van der Waals surface area contributed by atoms with Crippen LogP contribution in [0.1, 0.15) is 36.2 Å². The zero-order valence-corrected chi connectivity index (χ0v) is 13.0. The minimum Gasteiger partial charge on any atom is -0.366 e. The number of benzene rings is 1. The smallest absolute Gasteiger partial charge is 0.248 e. The molecule has 1 heterocycles. The van der Waals surface area contributed by atoms with Crippen molar-refractivity contribution in [3.8, 4) is 0 Å². The molecule has 0 saturated carbocycles. The van der Waals surface area contributed by atoms with Crippen molar-refractivity contribution in [2.75, 3.05) is 13.1 Å². The summed E-state index contributed by atoms with van der Waals surface area (Å²) in [6.45, 7) is 7.25. The molecule has 1 fully saturated rings. The second-order valence-electron chi connectivity index (χ2n) is 6.16. The molecule has 20 heavy (non-hydrogen) atoms. The highest BCUT2D eigenvalue weighted by molar-refractivity contribution is 5.92. The van der Waals surface area contributed by atoms with Crippen LogP contribution in [0.4, 0.5) is 0 Å². The van der Waals surface area contributed by atoms with Crippen LogP contribution in [0.25, 0.3) is 0 Å². The van der Waals surface area contributed by atoms with Crippen LogP contribution in [0, 0.1) is 5.41 Å². The number of carbonyl (C=O) groups excluding carboxylic acids is 1. The monoisotopic (exact) mass is 297 g/mol. The van der Waals surface area contributed by atoms with Crippen molar-refractivity contribution in [2.45, 2.75) is 32.9 Å². The quantitative estimate of drug-likeness (QED) is 0.893. The number of halogens is 1. The van der Waals surface area contributed by atoms with E-state index in [9.17, 15) is 4.79 Å². The third-order valence-corrected chi connectivity index (χ3v) is 4.01. The van der Waals surface area contributed by atoms with E-state index in [1.165, 1.54) is 0 Å². The lowest BCUT2D eigenvalue weighted by Crippen LogP contribution is -2.52. The Morgan fingerprint density at radius 1 is 1.45 bits per heavy atom. The van der Waals surface area contributed by atoms with Crippen LogP contribution in [-0.4, -0.2) is 29.9 Å². The normalized spacial score (nSPS) is 22.1. The number of amides is 1. The van der Waals surface area contributed by atoms with Gasteiger partial charge in [-0.3, -0.25) is 9.69 Å². The van der Waals surface area contributed by atoms with Crippen LogP contribution in [0.2, 0.25) is 0 Å². The largest absolute Gasteiger partial charge is 0.366 e. The lowest BCUT2D eigenvalue weighted by molar-refractivity contribution is 0.0897. The summed E-state index contributed by atoms with van der Waals surface area (Å²) in [5, 5.41) is 0. The van der Waals surface area contributed by atoms with Crippen molar-refractivity contribution in [1.82, 2.24) is 4.90 Å². The van der Waals surface area contributed by atoms with E-state index < -0.39 is 0 Å². The summed E-state index contributed by atoms with van der Waals surface area (Å²) in [6, 6.07) is 7.82. The lowest BCUT2D eigenvalue weighted by atomic mass is 9.79. The lowest BCUT2D eigenvalue weighted by Gasteiger charge is -2.42. The second kappa shape index (κ2) is 6.57. The highest BCUT2D eigenvalue weighted by Crippen LogP contribution is 2.28. The van der Waals surface area contributed by atoms with Gasteiger partial charge in [0.15, 0.2) is 0 Å². The van der Waals surface area contributed by atoms with E-state index in [1.807, 2.05) is 18.2 Å². The van der Waals surface area contributed by atoms with Crippen LogP contribution in [-0.2, 0) is 6.54 Å². The molecule has 0 radical (unpaired) electrons. The number of hydrogen-bond donors (Lipinski definition) is 2. The Morgan fingerprint density at radius 3 is 2.75 bits per heavy atom. The number of nitrogens with zero attached hydrogens (tertiary/aromatic N) is 1. The van der Waals surface area contributed by atoms with E-state index in [0.29, 0.717) is 5.56 Å². The van der Waals surface area contributed by atoms with Crippen molar-refractivity contribution in [1.29, 1.82) is 0 Å². The fourth-order valence-corrected chi connectivity index (χ4v) is 2.70. The summed E-state index contributed by atoms with van der Waals surface area (Å²) < 4.78 is 0. The van der Waals surface area contributed by atoms with E-state index in [4.69, 9.17) is 11.5 Å². The molecule has 1 atom stereocenters. The molecule has 1 aromatic carbocycles.